The highest BCUT2D eigenvalue weighted by atomic mass is 19.3. The quantitative estimate of drug-likeness (QED) is 0.309. The number of rotatable bonds is 9. The lowest BCUT2D eigenvalue weighted by Crippen LogP contribution is -2.51. The first kappa shape index (κ1) is 32.7. The molecule has 10 nitrogen and oxygen atoms in total. The number of carbonyl (C=O) groups is 2. The maximum Gasteiger partial charge on any atom is 0.267 e. The van der Waals surface area contributed by atoms with Crippen molar-refractivity contribution in [1.29, 1.82) is 0 Å². The lowest BCUT2D eigenvalue weighted by Gasteiger charge is -2.38. The van der Waals surface area contributed by atoms with Crippen molar-refractivity contribution in [3.63, 3.8) is 0 Å². The van der Waals surface area contributed by atoms with Crippen LogP contribution in [0.5, 0.6) is 0 Å². The van der Waals surface area contributed by atoms with Gasteiger partial charge >= 0.3 is 0 Å². The Morgan fingerprint density at radius 3 is 2.20 bits per heavy atom. The molecule has 3 aromatic heterocycles. The Hall–Kier alpha value is -3.72. The Morgan fingerprint density at radius 2 is 1.62 bits per heavy atom. The third kappa shape index (κ3) is 6.64. The van der Waals surface area contributed by atoms with Crippen molar-refractivity contribution >= 4 is 17.6 Å². The van der Waals surface area contributed by atoms with Crippen molar-refractivity contribution < 1.29 is 35.9 Å². The molecular formula is C29H36F6N8O2. The number of hydrogen-bond acceptors (Lipinski definition) is 6. The van der Waals surface area contributed by atoms with Gasteiger partial charge in [-0.2, -0.15) is 10.2 Å². The van der Waals surface area contributed by atoms with E-state index in [1.54, 1.807) is 0 Å². The molecule has 16 heteroatoms. The predicted molar refractivity (Wildman–Crippen MR) is 149 cm³/mol. The van der Waals surface area contributed by atoms with Crippen LogP contribution in [0.3, 0.4) is 0 Å². The van der Waals surface area contributed by atoms with Gasteiger partial charge in [-0.1, -0.05) is 0 Å². The van der Waals surface area contributed by atoms with Crippen LogP contribution in [-0.2, 0) is 10.2 Å². The van der Waals surface area contributed by atoms with Gasteiger partial charge in [0.05, 0.1) is 41.9 Å². The van der Waals surface area contributed by atoms with Gasteiger partial charge in [0.2, 0.25) is 17.8 Å². The van der Waals surface area contributed by atoms with Crippen LogP contribution in [0.25, 0.3) is 5.78 Å². The minimum atomic E-state index is -3.23. The first-order chi connectivity index (χ1) is 20.9. The molecule has 45 heavy (non-hydrogen) atoms. The van der Waals surface area contributed by atoms with E-state index in [0.29, 0.717) is 18.2 Å². The third-order valence-electron chi connectivity index (χ3n) is 8.97. The molecule has 2 saturated carbocycles. The summed E-state index contributed by atoms with van der Waals surface area (Å²) in [6.45, 7) is 3.27. The number of primary amides is 1. The number of alkyl halides is 6. The smallest absolute Gasteiger partial charge is 0.267 e. The zero-order chi connectivity index (χ0) is 32.9. The average molecular weight is 643 g/mol. The zero-order valence-electron chi connectivity index (χ0n) is 25.2. The number of aromatic nitrogens is 6. The summed E-state index contributed by atoms with van der Waals surface area (Å²) in [5.41, 5.74) is 5.00. The largest absolute Gasteiger partial charge is 0.364 e. The second-order valence-corrected chi connectivity index (χ2v) is 12.8. The molecule has 2 amide bonds. The lowest BCUT2D eigenvalue weighted by molar-refractivity contribution is -0.134. The highest BCUT2D eigenvalue weighted by Crippen LogP contribution is 2.47. The second-order valence-electron chi connectivity index (χ2n) is 12.8. The van der Waals surface area contributed by atoms with Crippen molar-refractivity contribution in [2.75, 3.05) is 6.54 Å². The van der Waals surface area contributed by atoms with Crippen LogP contribution in [0.2, 0.25) is 0 Å². The SMILES string of the molecule is CC(C)n1ncc([C@@H](c2cn3ncc(C4(C(=O)NCC(C)(F)F)CCC(F)(F)CC4)nc3n2)C2CCC(F)(F)CC2)c1C(N)=O. The van der Waals surface area contributed by atoms with E-state index >= 15 is 0 Å². The van der Waals surface area contributed by atoms with Gasteiger partial charge in [-0.05, 0) is 45.4 Å². The number of nitrogens with zero attached hydrogens (tertiary/aromatic N) is 6. The summed E-state index contributed by atoms with van der Waals surface area (Å²) in [6, 6.07) is -0.234. The molecule has 0 aromatic carbocycles. The molecule has 246 valence electrons. The molecule has 5 rings (SSSR count). The molecule has 2 fully saturated rings. The molecule has 2 aliphatic rings. The first-order valence-electron chi connectivity index (χ1n) is 14.9. The minimum Gasteiger partial charge on any atom is -0.364 e. The third-order valence-corrected chi connectivity index (χ3v) is 8.97. The van der Waals surface area contributed by atoms with Crippen molar-refractivity contribution in [1.82, 2.24) is 34.7 Å². The summed E-state index contributed by atoms with van der Waals surface area (Å²) >= 11 is 0. The molecule has 0 saturated heterocycles. The van der Waals surface area contributed by atoms with Gasteiger partial charge in [0.1, 0.15) is 5.69 Å². The normalized spacial score (nSPS) is 20.8. The van der Waals surface area contributed by atoms with Gasteiger partial charge in [-0.25, -0.2) is 40.8 Å². The van der Waals surface area contributed by atoms with E-state index in [1.165, 1.54) is 27.8 Å². The maximum absolute atomic E-state index is 14.2. The van der Waals surface area contributed by atoms with E-state index in [0.717, 1.165) is 0 Å². The van der Waals surface area contributed by atoms with Crippen molar-refractivity contribution in [3.8, 4) is 0 Å². The highest BCUT2D eigenvalue weighted by Gasteiger charge is 2.50. The average Bonchev–Trinajstić information content (AvgIpc) is 3.57. The number of fused-ring (bicyclic) bond motifs is 1. The van der Waals surface area contributed by atoms with Gasteiger partial charge in [0.25, 0.3) is 17.6 Å². The predicted octanol–water partition coefficient (Wildman–Crippen LogP) is 5.18. The summed E-state index contributed by atoms with van der Waals surface area (Å²) in [6.07, 6.45) is 1.77. The molecule has 0 aliphatic heterocycles. The summed E-state index contributed by atoms with van der Waals surface area (Å²) in [5, 5.41) is 10.9. The number of hydrogen-bond donors (Lipinski definition) is 2. The Morgan fingerprint density at radius 1 is 1.00 bits per heavy atom. The summed E-state index contributed by atoms with van der Waals surface area (Å²) in [4.78, 5) is 35.1. The molecule has 0 unspecified atom stereocenters. The Labute approximate surface area is 255 Å². The Kier molecular flexibility index (Phi) is 8.40. The van der Waals surface area contributed by atoms with Crippen LogP contribution in [-0.4, -0.2) is 65.5 Å². The fraction of sp³-hybridized carbons (Fsp3) is 0.655. The number of halogens is 6. The molecule has 2 aliphatic carbocycles. The number of nitrogens with one attached hydrogen (secondary N) is 1. The monoisotopic (exact) mass is 642 g/mol. The van der Waals surface area contributed by atoms with Crippen LogP contribution < -0.4 is 11.1 Å². The molecule has 1 atom stereocenters. The topological polar surface area (TPSA) is 133 Å². The van der Waals surface area contributed by atoms with Crippen LogP contribution >= 0.6 is 0 Å². The number of nitrogens with two attached hydrogens (primary N) is 1. The fourth-order valence-corrected chi connectivity index (χ4v) is 6.52. The Balaban J connectivity index is 1.58. The van der Waals surface area contributed by atoms with Gasteiger partial charge in [-0.3, -0.25) is 14.3 Å². The van der Waals surface area contributed by atoms with Gasteiger partial charge in [0, 0.05) is 50.1 Å². The van der Waals surface area contributed by atoms with Gasteiger partial charge in [0.15, 0.2) is 0 Å². The molecule has 3 aromatic rings. The summed E-state index contributed by atoms with van der Waals surface area (Å²) in [5.74, 6) is -11.8. The zero-order valence-corrected chi connectivity index (χ0v) is 25.2. The van der Waals surface area contributed by atoms with E-state index < -0.39 is 60.3 Å². The molecule has 3 heterocycles. The van der Waals surface area contributed by atoms with Crippen molar-refractivity contribution in [2.24, 2.45) is 11.7 Å². The second kappa shape index (κ2) is 11.6. The van der Waals surface area contributed by atoms with E-state index in [4.69, 9.17) is 5.73 Å². The fourth-order valence-electron chi connectivity index (χ4n) is 6.52. The van der Waals surface area contributed by atoms with Crippen molar-refractivity contribution in [3.05, 3.63) is 41.2 Å². The minimum absolute atomic E-state index is 0.00104. The standard InChI is InChI=1S/C29H36F6N8O2/c1-16(2)43-22(23(36)44)18(12-39-43)21(17-4-6-28(32,33)7-5-17)19-14-42-25(40-19)41-20(13-38-42)27(8-10-29(34,35)11-9-27)24(45)37-15-26(3,30)31/h12-14,16-17,21H,4-11,15H2,1-3H3,(H2,36,44)(H,37,45)/t21-/m0/s1. The highest BCUT2D eigenvalue weighted by molar-refractivity contribution is 5.93. The summed E-state index contributed by atoms with van der Waals surface area (Å²) in [7, 11) is 0. The van der Waals surface area contributed by atoms with Crippen molar-refractivity contribution in [2.45, 2.75) is 107 Å². The number of imidazole rings is 1. The van der Waals surface area contributed by atoms with E-state index in [9.17, 15) is 35.9 Å². The number of amides is 2. The van der Waals surface area contributed by atoms with Gasteiger partial charge in [-0.15, -0.1) is 0 Å². The van der Waals surface area contributed by atoms with Crippen LogP contribution in [0.4, 0.5) is 26.3 Å². The van der Waals surface area contributed by atoms with E-state index in [2.05, 4.69) is 25.5 Å². The van der Waals surface area contributed by atoms with Gasteiger partial charge < -0.3 is 11.1 Å². The molecule has 3 N–H and O–H groups in total. The molecule has 0 radical (unpaired) electrons. The number of carbonyl (C=O) groups excluding carboxylic acids is 2. The molecule has 0 bridgehead atoms. The maximum atomic E-state index is 14.2. The summed E-state index contributed by atoms with van der Waals surface area (Å²) < 4.78 is 86.7. The van der Waals surface area contributed by atoms with Crippen LogP contribution in [0.1, 0.15) is 112 Å². The molecule has 0 spiro atoms. The van der Waals surface area contributed by atoms with E-state index in [-0.39, 0.29) is 67.7 Å². The molecular weight excluding hydrogens is 606 g/mol. The first-order valence-corrected chi connectivity index (χ1v) is 14.9. The van der Waals surface area contributed by atoms with E-state index in [1.807, 2.05) is 13.8 Å². The Bertz CT molecular complexity index is 1560. The lowest BCUT2D eigenvalue weighted by atomic mass is 9.70. The van der Waals surface area contributed by atoms with Crippen LogP contribution in [0.15, 0.2) is 18.6 Å². The van der Waals surface area contributed by atoms with Crippen LogP contribution in [0, 0.1) is 5.92 Å².